The van der Waals surface area contributed by atoms with E-state index in [-0.39, 0.29) is 12.2 Å². The van der Waals surface area contributed by atoms with E-state index >= 15 is 0 Å². The Kier molecular flexibility index (Phi) is 4.63. The minimum Gasteiger partial charge on any atom is -0.462 e. The molecule has 1 N–H and O–H groups in total. The molecule has 0 unspecified atom stereocenters. The molecule has 0 spiro atoms. The minimum atomic E-state index is -0.653. The first kappa shape index (κ1) is 15.4. The van der Waals surface area contributed by atoms with Gasteiger partial charge in [-0.2, -0.15) is 5.26 Å². The van der Waals surface area contributed by atoms with Gasteiger partial charge in [-0.3, -0.25) is 4.99 Å². The number of aliphatic imine (C=N–C) groups is 1. The number of hydrogen-bond acceptors (Lipinski definition) is 6. The zero-order valence-corrected chi connectivity index (χ0v) is 12.5. The van der Waals surface area contributed by atoms with E-state index in [1.54, 1.807) is 27.1 Å². The second kappa shape index (κ2) is 6.63. The van der Waals surface area contributed by atoms with Crippen molar-refractivity contribution >= 4 is 23.6 Å². The molecule has 0 aromatic carbocycles. The lowest BCUT2D eigenvalue weighted by molar-refractivity contribution is -0.137. The van der Waals surface area contributed by atoms with Gasteiger partial charge >= 0.3 is 5.97 Å². The number of nitrogens with one attached hydrogen (secondary N) is 1. The molecular formula is C15H15N5O2. The van der Waals surface area contributed by atoms with Crippen LogP contribution in [0.2, 0.25) is 0 Å². The van der Waals surface area contributed by atoms with Crippen LogP contribution in [0.4, 0.5) is 0 Å². The third kappa shape index (κ3) is 2.59. The predicted molar refractivity (Wildman–Crippen MR) is 81.3 cm³/mol. The molecule has 7 heteroatoms. The summed E-state index contributed by atoms with van der Waals surface area (Å²) < 4.78 is 4.96. The summed E-state index contributed by atoms with van der Waals surface area (Å²) in [6.45, 7) is 3.70. The third-order valence-corrected chi connectivity index (χ3v) is 3.15. The normalized spacial score (nSPS) is 15.5. The van der Waals surface area contributed by atoms with Crippen molar-refractivity contribution in [1.29, 1.82) is 5.26 Å². The van der Waals surface area contributed by atoms with E-state index in [0.29, 0.717) is 22.5 Å². The largest absolute Gasteiger partial charge is 0.462 e. The van der Waals surface area contributed by atoms with Crippen molar-refractivity contribution in [2.24, 2.45) is 4.99 Å². The average molecular weight is 297 g/mol. The number of hydrogen-bond donors (Lipinski definition) is 1. The maximum absolute atomic E-state index is 12.0. The SMILES string of the molecule is CCOC(=O)/C(C#N)=C1\C(C)=C(NC=NC)c2ncncc21. The van der Waals surface area contributed by atoms with Crippen LogP contribution in [0.3, 0.4) is 0 Å². The Balaban J connectivity index is 2.67. The molecule has 2 rings (SSSR count). The molecule has 0 radical (unpaired) electrons. The summed E-state index contributed by atoms with van der Waals surface area (Å²) in [6.07, 6.45) is 4.51. The number of carbonyl (C=O) groups excluding carboxylic acids is 1. The van der Waals surface area contributed by atoms with Crippen molar-refractivity contribution in [3.05, 3.63) is 34.9 Å². The topological polar surface area (TPSA) is 100 Å². The molecule has 1 aliphatic carbocycles. The average Bonchev–Trinajstić information content (AvgIpc) is 2.79. The first-order valence-electron chi connectivity index (χ1n) is 6.66. The second-order valence-corrected chi connectivity index (χ2v) is 4.40. The van der Waals surface area contributed by atoms with Crippen molar-refractivity contribution in [2.45, 2.75) is 13.8 Å². The summed E-state index contributed by atoms with van der Waals surface area (Å²) in [5.41, 5.74) is 3.09. The highest BCUT2D eigenvalue weighted by Crippen LogP contribution is 2.39. The molecular weight excluding hydrogens is 282 g/mol. The molecule has 0 saturated heterocycles. The van der Waals surface area contributed by atoms with Crippen LogP contribution in [-0.2, 0) is 9.53 Å². The van der Waals surface area contributed by atoms with Crippen LogP contribution in [0.5, 0.6) is 0 Å². The molecule has 0 aliphatic heterocycles. The number of aromatic nitrogens is 2. The van der Waals surface area contributed by atoms with Crippen LogP contribution in [-0.4, -0.2) is 35.9 Å². The number of nitriles is 1. The van der Waals surface area contributed by atoms with Crippen molar-refractivity contribution in [3.8, 4) is 6.07 Å². The molecule has 1 aromatic rings. The molecule has 0 amide bonds. The van der Waals surface area contributed by atoms with Gasteiger partial charge < -0.3 is 10.1 Å². The van der Waals surface area contributed by atoms with E-state index in [4.69, 9.17) is 4.74 Å². The molecule has 1 heterocycles. The van der Waals surface area contributed by atoms with Gasteiger partial charge in [0.15, 0.2) is 0 Å². The van der Waals surface area contributed by atoms with Gasteiger partial charge in [-0.25, -0.2) is 14.8 Å². The first-order chi connectivity index (χ1) is 10.7. The van der Waals surface area contributed by atoms with Gasteiger partial charge in [-0.15, -0.1) is 0 Å². The van der Waals surface area contributed by atoms with Crippen LogP contribution in [0.1, 0.15) is 25.1 Å². The Bertz CT molecular complexity index is 741. The molecule has 0 bridgehead atoms. The molecule has 7 nitrogen and oxygen atoms in total. The number of rotatable bonds is 4. The number of nitrogens with zero attached hydrogens (tertiary/aromatic N) is 4. The zero-order chi connectivity index (χ0) is 16.1. The molecule has 0 saturated carbocycles. The number of carbonyl (C=O) groups is 1. The van der Waals surface area contributed by atoms with E-state index < -0.39 is 5.97 Å². The molecule has 1 aliphatic rings. The first-order valence-corrected chi connectivity index (χ1v) is 6.66. The van der Waals surface area contributed by atoms with E-state index in [9.17, 15) is 10.1 Å². The minimum absolute atomic E-state index is 0.0550. The monoisotopic (exact) mass is 297 g/mol. The fraction of sp³-hybridized carbons (Fsp3) is 0.267. The molecule has 22 heavy (non-hydrogen) atoms. The van der Waals surface area contributed by atoms with Gasteiger partial charge in [0.05, 0.1) is 24.3 Å². The predicted octanol–water partition coefficient (Wildman–Crippen LogP) is 1.31. The fourth-order valence-corrected chi connectivity index (χ4v) is 2.25. The number of esters is 1. The maximum atomic E-state index is 12.0. The van der Waals surface area contributed by atoms with E-state index in [1.807, 2.05) is 6.07 Å². The quantitative estimate of drug-likeness (QED) is 0.296. The van der Waals surface area contributed by atoms with Crippen LogP contribution < -0.4 is 5.32 Å². The Hall–Kier alpha value is -3.01. The number of allylic oxidation sites excluding steroid dienone is 2. The molecule has 1 aromatic heterocycles. The Morgan fingerprint density at radius 3 is 3.00 bits per heavy atom. The van der Waals surface area contributed by atoms with Crippen molar-refractivity contribution in [3.63, 3.8) is 0 Å². The summed E-state index contributed by atoms with van der Waals surface area (Å²) >= 11 is 0. The third-order valence-electron chi connectivity index (χ3n) is 3.15. The highest BCUT2D eigenvalue weighted by Gasteiger charge is 2.30. The van der Waals surface area contributed by atoms with E-state index in [1.165, 1.54) is 12.7 Å². The summed E-state index contributed by atoms with van der Waals surface area (Å²) in [6, 6.07) is 1.93. The highest BCUT2D eigenvalue weighted by molar-refractivity contribution is 6.11. The second-order valence-electron chi connectivity index (χ2n) is 4.40. The molecule has 0 atom stereocenters. The number of fused-ring (bicyclic) bond motifs is 1. The molecule has 112 valence electrons. The van der Waals surface area contributed by atoms with Gasteiger partial charge in [0.1, 0.15) is 18.0 Å². The smallest absolute Gasteiger partial charge is 0.349 e. The summed E-state index contributed by atoms with van der Waals surface area (Å²) in [4.78, 5) is 24.1. The van der Waals surface area contributed by atoms with E-state index in [0.717, 1.165) is 5.57 Å². The highest BCUT2D eigenvalue weighted by atomic mass is 16.5. The van der Waals surface area contributed by atoms with Gasteiger partial charge in [-0.1, -0.05) is 0 Å². The van der Waals surface area contributed by atoms with Crippen LogP contribution in [0.25, 0.3) is 11.3 Å². The standard InChI is InChI=1S/C15H15N5O2/c1-4-22-15(21)10(5-16)12-9(2)13(19-7-17-3)14-11(12)6-18-8-20-14/h6-8H,4H2,1-3H3,(H,17,19)/b12-10+. The lowest BCUT2D eigenvalue weighted by Crippen LogP contribution is -2.10. The van der Waals surface area contributed by atoms with Crippen LogP contribution in [0, 0.1) is 11.3 Å². The van der Waals surface area contributed by atoms with Gasteiger partial charge in [0, 0.05) is 24.4 Å². The van der Waals surface area contributed by atoms with Crippen molar-refractivity contribution < 1.29 is 9.53 Å². The van der Waals surface area contributed by atoms with Gasteiger partial charge in [-0.05, 0) is 19.4 Å². The lowest BCUT2D eigenvalue weighted by atomic mass is 10.0. The van der Waals surface area contributed by atoms with Gasteiger partial charge in [0.25, 0.3) is 0 Å². The Morgan fingerprint density at radius 2 is 2.36 bits per heavy atom. The van der Waals surface area contributed by atoms with Crippen LogP contribution >= 0.6 is 0 Å². The molecule has 0 fully saturated rings. The zero-order valence-electron chi connectivity index (χ0n) is 12.5. The van der Waals surface area contributed by atoms with Crippen molar-refractivity contribution in [2.75, 3.05) is 13.7 Å². The lowest BCUT2D eigenvalue weighted by Gasteiger charge is -2.06. The fourth-order valence-electron chi connectivity index (χ4n) is 2.25. The maximum Gasteiger partial charge on any atom is 0.349 e. The van der Waals surface area contributed by atoms with Crippen LogP contribution in [0.15, 0.2) is 28.7 Å². The Labute approximate surface area is 128 Å². The Morgan fingerprint density at radius 1 is 1.59 bits per heavy atom. The van der Waals surface area contributed by atoms with Crippen molar-refractivity contribution in [1.82, 2.24) is 15.3 Å². The number of ether oxygens (including phenoxy) is 1. The van der Waals surface area contributed by atoms with E-state index in [2.05, 4.69) is 20.3 Å². The summed E-state index contributed by atoms with van der Waals surface area (Å²) in [7, 11) is 1.63. The van der Waals surface area contributed by atoms with Gasteiger partial charge in [0.2, 0.25) is 0 Å². The summed E-state index contributed by atoms with van der Waals surface area (Å²) in [5.74, 6) is -0.653. The summed E-state index contributed by atoms with van der Waals surface area (Å²) in [5, 5.41) is 12.4.